The zero-order chi connectivity index (χ0) is 11.3. The summed E-state index contributed by atoms with van der Waals surface area (Å²) in [5.74, 6) is 0.0591. The third-order valence-electron chi connectivity index (χ3n) is 2.46. The normalized spacial score (nSPS) is 12.5. The standard InChI is InChI=1S/C12H18N2O/c1-10(14(2)3)12(15)13-9-11-7-5-4-6-8-11/h4-8,10H,9H2,1-3H3,(H,13,15)/t10-/m1/s1. The lowest BCUT2D eigenvalue weighted by atomic mass is 10.2. The highest BCUT2D eigenvalue weighted by molar-refractivity contribution is 5.81. The Bertz CT molecular complexity index is 309. The van der Waals surface area contributed by atoms with E-state index in [0.717, 1.165) is 5.56 Å². The Morgan fingerprint density at radius 1 is 1.33 bits per heavy atom. The highest BCUT2D eigenvalue weighted by Gasteiger charge is 2.13. The van der Waals surface area contributed by atoms with Gasteiger partial charge in [-0.15, -0.1) is 0 Å². The molecule has 0 heterocycles. The van der Waals surface area contributed by atoms with Gasteiger partial charge in [0.25, 0.3) is 0 Å². The maximum Gasteiger partial charge on any atom is 0.237 e. The molecule has 0 aliphatic heterocycles. The maximum absolute atomic E-state index is 11.6. The van der Waals surface area contributed by atoms with Crippen LogP contribution in [-0.2, 0) is 11.3 Å². The maximum atomic E-state index is 11.6. The Kier molecular flexibility index (Phi) is 4.31. The van der Waals surface area contributed by atoms with Crippen molar-refractivity contribution in [1.82, 2.24) is 10.2 Å². The quantitative estimate of drug-likeness (QED) is 0.804. The highest BCUT2D eigenvalue weighted by atomic mass is 16.2. The predicted molar refractivity (Wildman–Crippen MR) is 61.4 cm³/mol. The van der Waals surface area contributed by atoms with Gasteiger partial charge >= 0.3 is 0 Å². The molecule has 1 aromatic carbocycles. The van der Waals surface area contributed by atoms with Crippen molar-refractivity contribution in [3.63, 3.8) is 0 Å². The first-order chi connectivity index (χ1) is 7.11. The molecule has 1 rings (SSSR count). The van der Waals surface area contributed by atoms with Crippen molar-refractivity contribution in [2.24, 2.45) is 0 Å². The molecular weight excluding hydrogens is 188 g/mol. The van der Waals surface area contributed by atoms with Gasteiger partial charge in [-0.05, 0) is 26.6 Å². The molecule has 0 saturated carbocycles. The van der Waals surface area contributed by atoms with Crippen molar-refractivity contribution in [2.45, 2.75) is 19.5 Å². The van der Waals surface area contributed by atoms with Crippen molar-refractivity contribution in [1.29, 1.82) is 0 Å². The fourth-order valence-corrected chi connectivity index (χ4v) is 1.17. The molecule has 3 heteroatoms. The van der Waals surface area contributed by atoms with E-state index in [1.807, 2.05) is 56.3 Å². The minimum atomic E-state index is -0.0892. The van der Waals surface area contributed by atoms with Crippen molar-refractivity contribution in [3.05, 3.63) is 35.9 Å². The second-order valence-corrected chi connectivity index (χ2v) is 3.84. The number of benzene rings is 1. The third-order valence-corrected chi connectivity index (χ3v) is 2.46. The molecule has 3 nitrogen and oxygen atoms in total. The first kappa shape index (κ1) is 11.7. The third kappa shape index (κ3) is 3.72. The van der Waals surface area contributed by atoms with Gasteiger partial charge in [-0.3, -0.25) is 9.69 Å². The molecule has 0 bridgehead atoms. The summed E-state index contributed by atoms with van der Waals surface area (Å²) >= 11 is 0. The molecule has 1 amide bonds. The number of carbonyl (C=O) groups excluding carboxylic acids is 1. The van der Waals surface area contributed by atoms with Crippen LogP contribution in [0.3, 0.4) is 0 Å². The Hall–Kier alpha value is -1.35. The molecule has 0 fully saturated rings. The van der Waals surface area contributed by atoms with Gasteiger partial charge in [0.1, 0.15) is 0 Å². The Labute approximate surface area is 91.1 Å². The van der Waals surface area contributed by atoms with Gasteiger partial charge in [-0.1, -0.05) is 30.3 Å². The van der Waals surface area contributed by atoms with E-state index in [1.54, 1.807) is 0 Å². The SMILES string of the molecule is C[C@H](C(=O)NCc1ccccc1)N(C)C. The summed E-state index contributed by atoms with van der Waals surface area (Å²) in [5, 5.41) is 2.90. The molecule has 0 aliphatic carbocycles. The zero-order valence-electron chi connectivity index (χ0n) is 9.53. The van der Waals surface area contributed by atoms with E-state index in [4.69, 9.17) is 0 Å². The van der Waals surface area contributed by atoms with Gasteiger partial charge < -0.3 is 5.32 Å². The van der Waals surface area contributed by atoms with Crippen molar-refractivity contribution >= 4 is 5.91 Å². The number of hydrogen-bond acceptors (Lipinski definition) is 2. The van der Waals surface area contributed by atoms with Gasteiger partial charge in [0.05, 0.1) is 6.04 Å². The molecule has 1 atom stereocenters. The number of hydrogen-bond donors (Lipinski definition) is 1. The van der Waals surface area contributed by atoms with Crippen LogP contribution >= 0.6 is 0 Å². The lowest BCUT2D eigenvalue weighted by molar-refractivity contribution is -0.125. The Morgan fingerprint density at radius 3 is 2.47 bits per heavy atom. The molecule has 0 unspecified atom stereocenters. The van der Waals surface area contributed by atoms with Gasteiger partial charge in [0.15, 0.2) is 0 Å². The molecule has 0 saturated heterocycles. The number of nitrogens with zero attached hydrogens (tertiary/aromatic N) is 1. The van der Waals surface area contributed by atoms with Crippen LogP contribution in [0.25, 0.3) is 0 Å². The van der Waals surface area contributed by atoms with Gasteiger partial charge in [-0.2, -0.15) is 0 Å². The van der Waals surface area contributed by atoms with E-state index in [2.05, 4.69) is 5.32 Å². The Balaban J connectivity index is 2.41. The number of nitrogens with one attached hydrogen (secondary N) is 1. The summed E-state index contributed by atoms with van der Waals surface area (Å²) in [4.78, 5) is 13.5. The summed E-state index contributed by atoms with van der Waals surface area (Å²) in [5.41, 5.74) is 1.12. The summed E-state index contributed by atoms with van der Waals surface area (Å²) in [7, 11) is 3.79. The molecule has 0 radical (unpaired) electrons. The second kappa shape index (κ2) is 5.51. The van der Waals surface area contributed by atoms with Crippen LogP contribution < -0.4 is 5.32 Å². The summed E-state index contributed by atoms with van der Waals surface area (Å²) in [6.07, 6.45) is 0. The van der Waals surface area contributed by atoms with Gasteiger partial charge in [0.2, 0.25) is 5.91 Å². The van der Waals surface area contributed by atoms with E-state index in [-0.39, 0.29) is 11.9 Å². The smallest absolute Gasteiger partial charge is 0.237 e. The number of likely N-dealkylation sites (N-methyl/N-ethyl adjacent to an activating group) is 1. The first-order valence-electron chi connectivity index (χ1n) is 5.09. The lowest BCUT2D eigenvalue weighted by Crippen LogP contribution is -2.41. The number of amides is 1. The minimum absolute atomic E-state index is 0.0591. The van der Waals surface area contributed by atoms with Gasteiger partial charge in [-0.25, -0.2) is 0 Å². The van der Waals surface area contributed by atoms with Crippen molar-refractivity contribution in [2.75, 3.05) is 14.1 Å². The van der Waals surface area contributed by atoms with Crippen LogP contribution in [0.2, 0.25) is 0 Å². The summed E-state index contributed by atoms with van der Waals surface area (Å²) < 4.78 is 0. The largest absolute Gasteiger partial charge is 0.351 e. The average molecular weight is 206 g/mol. The molecule has 0 aromatic heterocycles. The van der Waals surface area contributed by atoms with Crippen LogP contribution in [0.5, 0.6) is 0 Å². The molecule has 0 aliphatic rings. The topological polar surface area (TPSA) is 32.3 Å². The molecular formula is C12H18N2O. The van der Waals surface area contributed by atoms with E-state index in [9.17, 15) is 4.79 Å². The van der Waals surface area contributed by atoms with E-state index >= 15 is 0 Å². The fourth-order valence-electron chi connectivity index (χ4n) is 1.17. The highest BCUT2D eigenvalue weighted by Crippen LogP contribution is 1.98. The van der Waals surface area contributed by atoms with Crippen LogP contribution in [-0.4, -0.2) is 30.9 Å². The van der Waals surface area contributed by atoms with Crippen LogP contribution in [0.4, 0.5) is 0 Å². The molecule has 1 aromatic rings. The second-order valence-electron chi connectivity index (χ2n) is 3.84. The summed E-state index contributed by atoms with van der Waals surface area (Å²) in [6.45, 7) is 2.48. The zero-order valence-corrected chi connectivity index (χ0v) is 9.53. The van der Waals surface area contributed by atoms with E-state index in [0.29, 0.717) is 6.54 Å². The Morgan fingerprint density at radius 2 is 1.93 bits per heavy atom. The van der Waals surface area contributed by atoms with Crippen LogP contribution in [0, 0.1) is 0 Å². The summed E-state index contributed by atoms with van der Waals surface area (Å²) in [6, 6.07) is 9.82. The van der Waals surface area contributed by atoms with Crippen LogP contribution in [0.15, 0.2) is 30.3 Å². The predicted octanol–water partition coefficient (Wildman–Crippen LogP) is 1.25. The molecule has 82 valence electrons. The number of carbonyl (C=O) groups is 1. The van der Waals surface area contributed by atoms with Crippen LogP contribution in [0.1, 0.15) is 12.5 Å². The van der Waals surface area contributed by atoms with Crippen molar-refractivity contribution in [3.8, 4) is 0 Å². The molecule has 1 N–H and O–H groups in total. The van der Waals surface area contributed by atoms with E-state index < -0.39 is 0 Å². The number of rotatable bonds is 4. The average Bonchev–Trinajstić information content (AvgIpc) is 2.26. The lowest BCUT2D eigenvalue weighted by Gasteiger charge is -2.18. The molecule has 15 heavy (non-hydrogen) atoms. The molecule has 0 spiro atoms. The van der Waals surface area contributed by atoms with Gasteiger partial charge in [0, 0.05) is 6.54 Å². The monoisotopic (exact) mass is 206 g/mol. The van der Waals surface area contributed by atoms with E-state index in [1.165, 1.54) is 0 Å². The first-order valence-corrected chi connectivity index (χ1v) is 5.09. The van der Waals surface area contributed by atoms with Crippen molar-refractivity contribution < 1.29 is 4.79 Å². The fraction of sp³-hybridized carbons (Fsp3) is 0.417. The minimum Gasteiger partial charge on any atom is -0.351 e.